The Morgan fingerprint density at radius 2 is 1.95 bits per heavy atom. The van der Waals surface area contributed by atoms with Crippen molar-refractivity contribution < 1.29 is 14.7 Å². The summed E-state index contributed by atoms with van der Waals surface area (Å²) < 4.78 is 0. The van der Waals surface area contributed by atoms with E-state index in [1.54, 1.807) is 12.1 Å². The molecule has 0 heterocycles. The Kier molecular flexibility index (Phi) is 5.33. The summed E-state index contributed by atoms with van der Waals surface area (Å²) in [5.74, 6) is -0.426. The van der Waals surface area contributed by atoms with Gasteiger partial charge in [-0.15, -0.1) is 0 Å². The van der Waals surface area contributed by atoms with Gasteiger partial charge in [-0.3, -0.25) is 9.59 Å². The number of nitrogens with one attached hydrogen (secondary N) is 2. The third-order valence-electron chi connectivity index (χ3n) is 3.75. The molecule has 1 saturated carbocycles. The topological polar surface area (TPSA) is 78.4 Å². The molecule has 1 aromatic carbocycles. The molecule has 5 nitrogen and oxygen atoms in total. The number of rotatable bonds is 4. The van der Waals surface area contributed by atoms with E-state index in [0.29, 0.717) is 5.56 Å². The van der Waals surface area contributed by atoms with Crippen LogP contribution in [0.3, 0.4) is 0 Å². The first-order valence-corrected chi connectivity index (χ1v) is 7.37. The number of aryl methyl sites for hydroxylation is 1. The normalized spacial score (nSPS) is 21.6. The van der Waals surface area contributed by atoms with Crippen molar-refractivity contribution in [3.8, 4) is 0 Å². The molecule has 0 saturated heterocycles. The summed E-state index contributed by atoms with van der Waals surface area (Å²) in [6.07, 6.45) is 2.79. The van der Waals surface area contributed by atoms with Crippen LogP contribution in [0.2, 0.25) is 0 Å². The van der Waals surface area contributed by atoms with Gasteiger partial charge in [0.15, 0.2) is 0 Å². The lowest BCUT2D eigenvalue weighted by molar-refractivity contribution is -0.121. The fraction of sp³-hybridized carbons (Fsp3) is 0.500. The Hall–Kier alpha value is -1.88. The summed E-state index contributed by atoms with van der Waals surface area (Å²) in [6.45, 7) is 1.90. The molecule has 1 fully saturated rings. The van der Waals surface area contributed by atoms with Crippen LogP contribution in [0, 0.1) is 6.92 Å². The summed E-state index contributed by atoms with van der Waals surface area (Å²) in [4.78, 5) is 23.7. The maximum absolute atomic E-state index is 11.9. The van der Waals surface area contributed by atoms with E-state index in [9.17, 15) is 14.7 Å². The second-order valence-corrected chi connectivity index (χ2v) is 5.63. The lowest BCUT2D eigenvalue weighted by Crippen LogP contribution is -2.43. The van der Waals surface area contributed by atoms with Gasteiger partial charge in [0.05, 0.1) is 12.6 Å². The van der Waals surface area contributed by atoms with Gasteiger partial charge in [0.2, 0.25) is 5.91 Å². The van der Waals surface area contributed by atoms with Gasteiger partial charge in [-0.05, 0) is 44.7 Å². The van der Waals surface area contributed by atoms with E-state index in [1.807, 2.05) is 19.1 Å². The molecule has 1 aliphatic rings. The van der Waals surface area contributed by atoms with Crippen LogP contribution in [-0.4, -0.2) is 35.6 Å². The first-order valence-electron chi connectivity index (χ1n) is 7.37. The molecular weight excluding hydrogens is 268 g/mol. The van der Waals surface area contributed by atoms with Crippen molar-refractivity contribution in [3.63, 3.8) is 0 Å². The van der Waals surface area contributed by atoms with Crippen molar-refractivity contribution in [2.24, 2.45) is 0 Å². The minimum absolute atomic E-state index is 0.0220. The van der Waals surface area contributed by atoms with Gasteiger partial charge in [0.25, 0.3) is 5.91 Å². The van der Waals surface area contributed by atoms with Gasteiger partial charge in [-0.2, -0.15) is 0 Å². The highest BCUT2D eigenvalue weighted by Crippen LogP contribution is 2.18. The Balaban J connectivity index is 1.75. The Morgan fingerprint density at radius 1 is 1.24 bits per heavy atom. The second kappa shape index (κ2) is 7.22. The van der Waals surface area contributed by atoms with Crippen molar-refractivity contribution >= 4 is 11.8 Å². The second-order valence-electron chi connectivity index (χ2n) is 5.63. The number of hydrogen-bond acceptors (Lipinski definition) is 3. The lowest BCUT2D eigenvalue weighted by atomic mass is 9.93. The number of amides is 2. The molecule has 1 aliphatic carbocycles. The molecule has 21 heavy (non-hydrogen) atoms. The maximum Gasteiger partial charge on any atom is 0.251 e. The molecule has 0 spiro atoms. The molecule has 0 aliphatic heterocycles. The fourth-order valence-electron chi connectivity index (χ4n) is 2.55. The van der Waals surface area contributed by atoms with E-state index in [2.05, 4.69) is 10.6 Å². The summed E-state index contributed by atoms with van der Waals surface area (Å²) in [7, 11) is 0. The van der Waals surface area contributed by atoms with Crippen LogP contribution in [0.4, 0.5) is 0 Å². The minimum Gasteiger partial charge on any atom is -0.393 e. The van der Waals surface area contributed by atoms with Crippen LogP contribution < -0.4 is 10.6 Å². The predicted molar refractivity (Wildman–Crippen MR) is 79.9 cm³/mol. The van der Waals surface area contributed by atoms with Crippen molar-refractivity contribution in [2.75, 3.05) is 6.54 Å². The van der Waals surface area contributed by atoms with Crippen molar-refractivity contribution in [2.45, 2.75) is 44.8 Å². The lowest BCUT2D eigenvalue weighted by Gasteiger charge is -2.26. The van der Waals surface area contributed by atoms with Crippen LogP contribution in [0.1, 0.15) is 41.6 Å². The molecule has 0 unspecified atom stereocenters. The molecule has 3 N–H and O–H groups in total. The summed E-state index contributed by atoms with van der Waals surface area (Å²) in [6, 6.07) is 7.36. The van der Waals surface area contributed by atoms with E-state index < -0.39 is 0 Å². The molecule has 1 aromatic rings. The van der Waals surface area contributed by atoms with Crippen LogP contribution in [0.25, 0.3) is 0 Å². The molecule has 114 valence electrons. The zero-order valence-electron chi connectivity index (χ0n) is 12.3. The molecule has 5 heteroatoms. The van der Waals surface area contributed by atoms with E-state index in [-0.39, 0.29) is 30.5 Å². The molecular formula is C16H22N2O3. The monoisotopic (exact) mass is 290 g/mol. The Bertz CT molecular complexity index is 508. The van der Waals surface area contributed by atoms with E-state index in [4.69, 9.17) is 0 Å². The van der Waals surface area contributed by atoms with Crippen LogP contribution in [0.15, 0.2) is 24.3 Å². The van der Waals surface area contributed by atoms with Crippen molar-refractivity contribution in [1.29, 1.82) is 0 Å². The molecule has 2 rings (SSSR count). The largest absolute Gasteiger partial charge is 0.393 e. The average molecular weight is 290 g/mol. The van der Waals surface area contributed by atoms with Gasteiger partial charge < -0.3 is 15.7 Å². The van der Waals surface area contributed by atoms with Crippen molar-refractivity contribution in [1.82, 2.24) is 10.6 Å². The van der Waals surface area contributed by atoms with Gasteiger partial charge >= 0.3 is 0 Å². The van der Waals surface area contributed by atoms with E-state index in [1.165, 1.54) is 0 Å². The SMILES string of the molecule is Cc1cccc(C(=O)NCC(=O)NC2CCC(O)CC2)c1. The van der Waals surface area contributed by atoms with Gasteiger partial charge in [-0.1, -0.05) is 17.7 Å². The van der Waals surface area contributed by atoms with Crippen LogP contribution in [0.5, 0.6) is 0 Å². The minimum atomic E-state index is -0.243. The predicted octanol–water partition coefficient (Wildman–Crippen LogP) is 1.14. The third-order valence-corrected chi connectivity index (χ3v) is 3.75. The van der Waals surface area contributed by atoms with Crippen LogP contribution >= 0.6 is 0 Å². The average Bonchev–Trinajstić information content (AvgIpc) is 2.47. The molecule has 0 radical (unpaired) electrons. The number of benzene rings is 1. The summed E-state index contributed by atoms with van der Waals surface area (Å²) >= 11 is 0. The zero-order valence-corrected chi connectivity index (χ0v) is 12.3. The quantitative estimate of drug-likeness (QED) is 0.778. The first-order chi connectivity index (χ1) is 10.0. The zero-order chi connectivity index (χ0) is 15.2. The number of aliphatic hydroxyl groups excluding tert-OH is 1. The number of carbonyl (C=O) groups excluding carboxylic acids is 2. The van der Waals surface area contributed by atoms with Gasteiger partial charge in [0.1, 0.15) is 0 Å². The summed E-state index contributed by atoms with van der Waals surface area (Å²) in [5.41, 5.74) is 1.57. The highest BCUT2D eigenvalue weighted by atomic mass is 16.3. The highest BCUT2D eigenvalue weighted by Gasteiger charge is 2.20. The summed E-state index contributed by atoms with van der Waals surface area (Å²) in [5, 5.41) is 14.9. The fourth-order valence-corrected chi connectivity index (χ4v) is 2.55. The smallest absolute Gasteiger partial charge is 0.251 e. The first kappa shape index (κ1) is 15.5. The molecule has 0 bridgehead atoms. The number of hydrogen-bond donors (Lipinski definition) is 3. The molecule has 0 atom stereocenters. The standard InChI is InChI=1S/C16H22N2O3/c1-11-3-2-4-12(9-11)16(21)17-10-15(20)18-13-5-7-14(19)8-6-13/h2-4,9,13-14,19H,5-8,10H2,1H3,(H,17,21)(H,18,20). The van der Waals surface area contributed by atoms with E-state index >= 15 is 0 Å². The number of carbonyl (C=O) groups is 2. The Morgan fingerprint density at radius 3 is 2.62 bits per heavy atom. The van der Waals surface area contributed by atoms with Gasteiger partial charge in [-0.25, -0.2) is 0 Å². The van der Waals surface area contributed by atoms with Crippen molar-refractivity contribution in [3.05, 3.63) is 35.4 Å². The van der Waals surface area contributed by atoms with E-state index in [0.717, 1.165) is 31.2 Å². The third kappa shape index (κ3) is 4.86. The molecule has 0 aromatic heterocycles. The number of aliphatic hydroxyl groups is 1. The maximum atomic E-state index is 11.9. The van der Waals surface area contributed by atoms with Gasteiger partial charge in [0, 0.05) is 11.6 Å². The van der Waals surface area contributed by atoms with Crippen LogP contribution in [-0.2, 0) is 4.79 Å². The molecule has 2 amide bonds. The highest BCUT2D eigenvalue weighted by molar-refractivity contribution is 5.96. The Labute approximate surface area is 124 Å².